The van der Waals surface area contributed by atoms with E-state index in [-0.39, 0.29) is 11.9 Å². The summed E-state index contributed by atoms with van der Waals surface area (Å²) in [7, 11) is 0. The summed E-state index contributed by atoms with van der Waals surface area (Å²) in [6, 6.07) is 0.104. The van der Waals surface area contributed by atoms with Crippen molar-refractivity contribution < 1.29 is 4.79 Å². The number of carbonyl (C=O) groups excluding carboxylic acids is 1. The van der Waals surface area contributed by atoms with Crippen molar-refractivity contribution in [2.75, 3.05) is 13.1 Å². The molecule has 88 valence electrons. The van der Waals surface area contributed by atoms with Gasteiger partial charge in [0.2, 0.25) is 5.91 Å². The van der Waals surface area contributed by atoms with Gasteiger partial charge in [-0.15, -0.1) is 0 Å². The highest BCUT2D eigenvalue weighted by molar-refractivity contribution is 5.73. The van der Waals surface area contributed by atoms with E-state index < -0.39 is 0 Å². The third-order valence-electron chi connectivity index (χ3n) is 1.09. The molecule has 0 saturated carbocycles. The van der Waals surface area contributed by atoms with Crippen LogP contribution in [0, 0.1) is 0 Å². The third-order valence-corrected chi connectivity index (χ3v) is 1.09. The molecule has 0 aromatic rings. The Morgan fingerprint density at radius 3 is 1.79 bits per heavy atom. The molecule has 0 heterocycles. The van der Waals surface area contributed by atoms with Crippen LogP contribution in [0.2, 0.25) is 0 Å². The van der Waals surface area contributed by atoms with Crippen LogP contribution in [0.5, 0.6) is 0 Å². The smallest absolute Gasteiger partial charge is 0.217 e. The van der Waals surface area contributed by atoms with Crippen LogP contribution in [-0.4, -0.2) is 25.0 Å². The maximum atomic E-state index is 10.2. The summed E-state index contributed by atoms with van der Waals surface area (Å²) in [6.07, 6.45) is 1.10. The number of carbonyl (C=O) groups is 1. The van der Waals surface area contributed by atoms with Crippen molar-refractivity contribution >= 4 is 5.91 Å². The summed E-state index contributed by atoms with van der Waals surface area (Å²) in [5.41, 5.74) is 10.2. The van der Waals surface area contributed by atoms with Gasteiger partial charge in [-0.05, 0) is 19.9 Å². The van der Waals surface area contributed by atoms with Crippen LogP contribution in [0.1, 0.15) is 41.0 Å². The average molecular weight is 205 g/mol. The van der Waals surface area contributed by atoms with Crippen LogP contribution in [0.3, 0.4) is 0 Å². The van der Waals surface area contributed by atoms with E-state index in [0.29, 0.717) is 6.54 Å². The Bertz CT molecular complexity index is 106. The number of rotatable bonds is 3. The molecule has 0 saturated heterocycles. The van der Waals surface area contributed by atoms with Crippen molar-refractivity contribution in [2.24, 2.45) is 11.5 Å². The topological polar surface area (TPSA) is 81.1 Å². The molecule has 0 aliphatic carbocycles. The molecule has 4 nitrogen and oxygen atoms in total. The van der Waals surface area contributed by atoms with Crippen LogP contribution < -0.4 is 16.8 Å². The van der Waals surface area contributed by atoms with Crippen LogP contribution in [-0.2, 0) is 4.79 Å². The van der Waals surface area contributed by atoms with Gasteiger partial charge < -0.3 is 16.8 Å². The lowest BCUT2D eigenvalue weighted by Crippen LogP contribution is -2.36. The van der Waals surface area contributed by atoms with Gasteiger partial charge in [0.05, 0.1) is 0 Å². The molecule has 1 atom stereocenters. The maximum Gasteiger partial charge on any atom is 0.217 e. The molecule has 1 unspecified atom stereocenters. The van der Waals surface area contributed by atoms with E-state index in [2.05, 4.69) is 12.2 Å². The van der Waals surface area contributed by atoms with Gasteiger partial charge in [-0.3, -0.25) is 4.79 Å². The van der Waals surface area contributed by atoms with Gasteiger partial charge in [-0.25, -0.2) is 0 Å². The number of nitrogens with two attached hydrogens (primary N) is 2. The molecule has 0 aromatic heterocycles. The number of nitrogens with one attached hydrogen (secondary N) is 1. The molecule has 5 N–H and O–H groups in total. The fourth-order valence-corrected chi connectivity index (χ4v) is 0.406. The van der Waals surface area contributed by atoms with E-state index in [0.717, 1.165) is 13.0 Å². The molecular formula is C10H27N3O. The predicted molar refractivity (Wildman–Crippen MR) is 63.0 cm³/mol. The van der Waals surface area contributed by atoms with Crippen molar-refractivity contribution in [1.29, 1.82) is 0 Å². The second-order valence-electron chi connectivity index (χ2n) is 2.63. The first-order valence-electron chi connectivity index (χ1n) is 5.25. The second-order valence-corrected chi connectivity index (χ2v) is 2.63. The second kappa shape index (κ2) is 18.2. The number of amides is 1. The minimum absolute atomic E-state index is 0.0250. The molecule has 0 fully saturated rings. The van der Waals surface area contributed by atoms with Gasteiger partial charge in [0.25, 0.3) is 0 Å². The van der Waals surface area contributed by atoms with Crippen LogP contribution >= 0.6 is 0 Å². The average Bonchev–Trinajstić information content (AvgIpc) is 2.20. The monoisotopic (exact) mass is 205 g/mol. The van der Waals surface area contributed by atoms with Crippen LogP contribution in [0.15, 0.2) is 0 Å². The molecule has 0 aliphatic rings. The highest BCUT2D eigenvalue weighted by Crippen LogP contribution is 1.73. The first-order chi connectivity index (χ1) is 6.58. The first-order valence-corrected chi connectivity index (χ1v) is 5.25. The van der Waals surface area contributed by atoms with Gasteiger partial charge >= 0.3 is 0 Å². The van der Waals surface area contributed by atoms with E-state index >= 15 is 0 Å². The molecule has 0 aromatic carbocycles. The molecule has 0 rings (SSSR count). The SMILES string of the molecule is CC.CC(=O)NC(C)CN.CCCN. The normalized spacial score (nSPS) is 9.93. The molecule has 0 bridgehead atoms. The van der Waals surface area contributed by atoms with E-state index in [1.165, 1.54) is 6.92 Å². The van der Waals surface area contributed by atoms with Crippen molar-refractivity contribution in [3.8, 4) is 0 Å². The Labute approximate surface area is 88.4 Å². The zero-order valence-corrected chi connectivity index (χ0v) is 10.3. The van der Waals surface area contributed by atoms with Crippen LogP contribution in [0.25, 0.3) is 0 Å². The summed E-state index contributed by atoms with van der Waals surface area (Å²) >= 11 is 0. The van der Waals surface area contributed by atoms with Crippen molar-refractivity contribution in [1.82, 2.24) is 5.32 Å². The minimum Gasteiger partial charge on any atom is -0.353 e. The predicted octanol–water partition coefficient (Wildman–Crippen LogP) is 0.851. The lowest BCUT2D eigenvalue weighted by Gasteiger charge is -2.07. The Hall–Kier alpha value is -0.610. The largest absolute Gasteiger partial charge is 0.353 e. The van der Waals surface area contributed by atoms with E-state index in [1.807, 2.05) is 20.8 Å². The standard InChI is InChI=1S/C5H12N2O.C3H9N.C2H6/c1-4(3-6)7-5(2)8;1-2-3-4;1-2/h4H,3,6H2,1-2H3,(H,7,8);2-4H2,1H3;1-2H3. The zero-order chi connectivity index (χ0) is 12.0. The molecular weight excluding hydrogens is 178 g/mol. The van der Waals surface area contributed by atoms with Gasteiger partial charge in [0, 0.05) is 19.5 Å². The number of hydrogen-bond donors (Lipinski definition) is 3. The molecule has 14 heavy (non-hydrogen) atoms. The quantitative estimate of drug-likeness (QED) is 0.639. The summed E-state index contributed by atoms with van der Waals surface area (Å²) in [6.45, 7) is 10.7. The fourth-order valence-electron chi connectivity index (χ4n) is 0.406. The zero-order valence-electron chi connectivity index (χ0n) is 10.3. The van der Waals surface area contributed by atoms with Crippen molar-refractivity contribution in [2.45, 2.75) is 47.1 Å². The Balaban J connectivity index is -0.000000170. The lowest BCUT2D eigenvalue weighted by atomic mass is 10.3. The summed E-state index contributed by atoms with van der Waals surface area (Å²) < 4.78 is 0. The highest BCUT2D eigenvalue weighted by atomic mass is 16.1. The molecule has 0 aliphatic heterocycles. The van der Waals surface area contributed by atoms with Crippen molar-refractivity contribution in [3.05, 3.63) is 0 Å². The Kier molecular flexibility index (Phi) is 24.8. The summed E-state index contributed by atoms with van der Waals surface area (Å²) in [5, 5.41) is 2.63. The molecule has 4 heteroatoms. The fraction of sp³-hybridized carbons (Fsp3) is 0.900. The maximum absolute atomic E-state index is 10.2. The molecule has 1 amide bonds. The first kappa shape index (κ1) is 19.0. The highest BCUT2D eigenvalue weighted by Gasteiger charge is 1.96. The summed E-state index contributed by atoms with van der Waals surface area (Å²) in [4.78, 5) is 10.2. The van der Waals surface area contributed by atoms with E-state index in [9.17, 15) is 4.79 Å². The van der Waals surface area contributed by atoms with E-state index in [1.54, 1.807) is 0 Å². The van der Waals surface area contributed by atoms with Crippen molar-refractivity contribution in [3.63, 3.8) is 0 Å². The van der Waals surface area contributed by atoms with Gasteiger partial charge in [0.1, 0.15) is 0 Å². The third kappa shape index (κ3) is 30.1. The van der Waals surface area contributed by atoms with E-state index in [4.69, 9.17) is 11.5 Å². The molecule has 0 radical (unpaired) electrons. The number of hydrogen-bond acceptors (Lipinski definition) is 3. The van der Waals surface area contributed by atoms with Crippen LogP contribution in [0.4, 0.5) is 0 Å². The van der Waals surface area contributed by atoms with Gasteiger partial charge in [-0.2, -0.15) is 0 Å². The minimum atomic E-state index is -0.0250. The van der Waals surface area contributed by atoms with Gasteiger partial charge in [-0.1, -0.05) is 20.8 Å². The Morgan fingerprint density at radius 1 is 1.36 bits per heavy atom. The Morgan fingerprint density at radius 2 is 1.71 bits per heavy atom. The molecule has 0 spiro atoms. The lowest BCUT2D eigenvalue weighted by molar-refractivity contribution is -0.119. The van der Waals surface area contributed by atoms with Gasteiger partial charge in [0.15, 0.2) is 0 Å². The summed E-state index contributed by atoms with van der Waals surface area (Å²) in [5.74, 6) is -0.0250.